The quantitative estimate of drug-likeness (QED) is 0.185. The summed E-state index contributed by atoms with van der Waals surface area (Å²) in [6.07, 6.45) is 1.16. The maximum atomic E-state index is 13.3. The third kappa shape index (κ3) is 6.25. The van der Waals surface area contributed by atoms with Crippen LogP contribution in [0.5, 0.6) is 0 Å². The SMILES string of the molecule is NC(=O)NCCC[C@H](CC(=O)C1(C(=O)ON2C(=O)CCC2=O)CCC1)C(=O)Nc1ccc(CO)cc1. The van der Waals surface area contributed by atoms with Gasteiger partial charge in [-0.2, -0.15) is 0 Å². The highest BCUT2D eigenvalue weighted by Gasteiger charge is 2.54. The predicted octanol–water partition coefficient (Wildman–Crippen LogP) is 0.919. The normalized spacial score (nSPS) is 17.2. The molecule has 5 amide bonds. The van der Waals surface area contributed by atoms with Crippen molar-refractivity contribution in [2.75, 3.05) is 11.9 Å². The topological polar surface area (TPSA) is 185 Å². The molecule has 0 unspecified atom stereocenters. The molecule has 1 aliphatic carbocycles. The summed E-state index contributed by atoms with van der Waals surface area (Å²) in [7, 11) is 0. The van der Waals surface area contributed by atoms with Crippen LogP contribution in [0.1, 0.15) is 56.9 Å². The van der Waals surface area contributed by atoms with Crippen molar-refractivity contribution >= 4 is 41.2 Å². The molecular formula is C24H30N4O8. The van der Waals surface area contributed by atoms with Crippen LogP contribution >= 0.6 is 0 Å². The number of ketones is 1. The number of urea groups is 1. The van der Waals surface area contributed by atoms with E-state index in [0.717, 1.165) is 0 Å². The molecule has 0 bridgehead atoms. The van der Waals surface area contributed by atoms with E-state index in [2.05, 4.69) is 10.6 Å². The summed E-state index contributed by atoms with van der Waals surface area (Å²) in [5.74, 6) is -4.02. The maximum absolute atomic E-state index is 13.3. The highest BCUT2D eigenvalue weighted by atomic mass is 16.7. The van der Waals surface area contributed by atoms with Gasteiger partial charge in [0.05, 0.1) is 6.61 Å². The molecule has 1 saturated carbocycles. The summed E-state index contributed by atoms with van der Waals surface area (Å²) in [4.78, 5) is 79.0. The van der Waals surface area contributed by atoms with Crippen molar-refractivity contribution < 1.29 is 38.7 Å². The minimum Gasteiger partial charge on any atom is -0.392 e. The Morgan fingerprint density at radius 1 is 1.08 bits per heavy atom. The van der Waals surface area contributed by atoms with E-state index in [-0.39, 0.29) is 51.7 Å². The van der Waals surface area contributed by atoms with Gasteiger partial charge in [-0.05, 0) is 43.4 Å². The first-order valence-electron chi connectivity index (χ1n) is 11.8. The van der Waals surface area contributed by atoms with E-state index in [0.29, 0.717) is 29.2 Å². The number of Topliss-reactive ketones (excluding diaryl/α,β-unsaturated/α-hetero) is 1. The number of nitrogens with one attached hydrogen (secondary N) is 2. The van der Waals surface area contributed by atoms with Crippen molar-refractivity contribution in [1.29, 1.82) is 0 Å². The lowest BCUT2D eigenvalue weighted by Gasteiger charge is -2.38. The smallest absolute Gasteiger partial charge is 0.346 e. The molecule has 0 aromatic heterocycles. The number of aliphatic hydroxyl groups excluding tert-OH is 1. The average Bonchev–Trinajstić information content (AvgIpc) is 3.12. The number of hydrogen-bond acceptors (Lipinski definition) is 8. The molecule has 0 radical (unpaired) electrons. The summed E-state index contributed by atoms with van der Waals surface area (Å²) in [6, 6.07) is 5.82. The van der Waals surface area contributed by atoms with Crippen molar-refractivity contribution in [3.8, 4) is 0 Å². The predicted molar refractivity (Wildman–Crippen MR) is 124 cm³/mol. The van der Waals surface area contributed by atoms with Gasteiger partial charge in [-0.15, -0.1) is 5.06 Å². The van der Waals surface area contributed by atoms with Gasteiger partial charge in [0, 0.05) is 37.4 Å². The number of carbonyl (C=O) groups is 6. The van der Waals surface area contributed by atoms with E-state index in [4.69, 9.17) is 10.6 Å². The van der Waals surface area contributed by atoms with Crippen molar-refractivity contribution in [1.82, 2.24) is 10.4 Å². The molecule has 194 valence electrons. The molecule has 2 aliphatic rings. The van der Waals surface area contributed by atoms with Gasteiger partial charge in [0.2, 0.25) is 5.91 Å². The molecule has 5 N–H and O–H groups in total. The van der Waals surface area contributed by atoms with Crippen LogP contribution in [0.4, 0.5) is 10.5 Å². The Morgan fingerprint density at radius 2 is 1.72 bits per heavy atom. The standard InChI is InChI=1S/C24H30N4O8/c25-23(35)26-12-1-3-16(21(33)27-17-6-4-15(14-29)5-7-17)13-18(30)24(10-2-11-24)22(34)36-28-19(31)8-9-20(28)32/h4-7,16,29H,1-3,8-14H2,(H,27,33)(H3,25,26,35)/t16-/m1/s1. The van der Waals surface area contributed by atoms with E-state index >= 15 is 0 Å². The molecule has 1 atom stereocenters. The Hall–Kier alpha value is -3.80. The number of carbonyl (C=O) groups excluding carboxylic acids is 6. The summed E-state index contributed by atoms with van der Waals surface area (Å²) < 4.78 is 0. The van der Waals surface area contributed by atoms with Gasteiger partial charge >= 0.3 is 12.0 Å². The van der Waals surface area contributed by atoms with Crippen LogP contribution in [0.3, 0.4) is 0 Å². The van der Waals surface area contributed by atoms with Crippen LogP contribution in [-0.4, -0.2) is 52.2 Å². The van der Waals surface area contributed by atoms with Crippen molar-refractivity contribution in [2.45, 2.75) is 58.0 Å². The van der Waals surface area contributed by atoms with E-state index in [9.17, 15) is 33.9 Å². The Balaban J connectivity index is 1.70. The Morgan fingerprint density at radius 3 is 2.25 bits per heavy atom. The lowest BCUT2D eigenvalue weighted by molar-refractivity contribution is -0.209. The zero-order valence-corrected chi connectivity index (χ0v) is 19.8. The maximum Gasteiger partial charge on any atom is 0.346 e. The summed E-state index contributed by atoms with van der Waals surface area (Å²) in [5.41, 5.74) is 4.69. The van der Waals surface area contributed by atoms with Crippen LogP contribution < -0.4 is 16.4 Å². The number of hydrogen-bond donors (Lipinski definition) is 4. The lowest BCUT2D eigenvalue weighted by atomic mass is 9.64. The first-order chi connectivity index (χ1) is 17.2. The minimum atomic E-state index is -1.52. The van der Waals surface area contributed by atoms with Gasteiger partial charge in [-0.3, -0.25) is 19.2 Å². The zero-order valence-electron chi connectivity index (χ0n) is 19.8. The molecule has 1 aliphatic heterocycles. The van der Waals surface area contributed by atoms with Crippen LogP contribution in [-0.2, 0) is 35.4 Å². The fourth-order valence-electron chi connectivity index (χ4n) is 4.20. The lowest BCUT2D eigenvalue weighted by Crippen LogP contribution is -2.50. The fraction of sp³-hybridized carbons (Fsp3) is 0.500. The third-order valence-corrected chi connectivity index (χ3v) is 6.55. The molecule has 12 nitrogen and oxygen atoms in total. The first kappa shape index (κ1) is 26.8. The second kappa shape index (κ2) is 11.8. The van der Waals surface area contributed by atoms with Crippen molar-refractivity contribution in [3.05, 3.63) is 29.8 Å². The van der Waals surface area contributed by atoms with Crippen LogP contribution in [0.15, 0.2) is 24.3 Å². The molecule has 3 rings (SSSR count). The summed E-state index contributed by atoms with van der Waals surface area (Å²) in [5, 5.41) is 14.8. The van der Waals surface area contributed by atoms with Crippen LogP contribution in [0.25, 0.3) is 0 Å². The molecule has 0 spiro atoms. The van der Waals surface area contributed by atoms with Gasteiger partial charge < -0.3 is 26.3 Å². The van der Waals surface area contributed by atoms with E-state index < -0.39 is 46.8 Å². The van der Waals surface area contributed by atoms with Gasteiger partial charge in [0.25, 0.3) is 11.8 Å². The number of anilines is 1. The van der Waals surface area contributed by atoms with Gasteiger partial charge in [-0.25, -0.2) is 9.59 Å². The minimum absolute atomic E-state index is 0.0616. The van der Waals surface area contributed by atoms with Gasteiger partial charge in [0.15, 0.2) is 5.78 Å². The number of benzene rings is 1. The van der Waals surface area contributed by atoms with E-state index in [1.165, 1.54) is 0 Å². The van der Waals surface area contributed by atoms with Gasteiger partial charge in [0.1, 0.15) is 5.41 Å². The summed E-state index contributed by atoms with van der Waals surface area (Å²) in [6.45, 7) is 0.0515. The number of primary amides is 1. The molecule has 1 saturated heterocycles. The number of nitrogens with zero attached hydrogens (tertiary/aromatic N) is 1. The fourth-order valence-corrected chi connectivity index (χ4v) is 4.20. The highest BCUT2D eigenvalue weighted by molar-refractivity contribution is 6.08. The number of hydroxylamine groups is 2. The Labute approximate surface area is 207 Å². The number of aliphatic hydroxyl groups is 1. The van der Waals surface area contributed by atoms with Crippen molar-refractivity contribution in [3.63, 3.8) is 0 Å². The molecule has 1 aromatic rings. The molecular weight excluding hydrogens is 472 g/mol. The van der Waals surface area contributed by atoms with E-state index in [1.54, 1.807) is 24.3 Å². The van der Waals surface area contributed by atoms with Crippen LogP contribution in [0, 0.1) is 11.3 Å². The number of imide groups is 1. The largest absolute Gasteiger partial charge is 0.392 e. The second-order valence-corrected chi connectivity index (χ2v) is 9.00. The number of rotatable bonds is 12. The van der Waals surface area contributed by atoms with Gasteiger partial charge in [-0.1, -0.05) is 18.6 Å². The molecule has 2 fully saturated rings. The highest BCUT2D eigenvalue weighted by Crippen LogP contribution is 2.45. The Kier molecular flexibility index (Phi) is 8.75. The van der Waals surface area contributed by atoms with E-state index in [1.807, 2.05) is 0 Å². The second-order valence-electron chi connectivity index (χ2n) is 9.00. The van der Waals surface area contributed by atoms with Crippen LogP contribution in [0.2, 0.25) is 0 Å². The molecule has 1 aromatic carbocycles. The zero-order chi connectivity index (χ0) is 26.3. The monoisotopic (exact) mass is 502 g/mol. The first-order valence-corrected chi connectivity index (χ1v) is 11.8. The summed E-state index contributed by atoms with van der Waals surface area (Å²) >= 11 is 0. The molecule has 12 heteroatoms. The molecule has 1 heterocycles. The Bertz CT molecular complexity index is 1020. The van der Waals surface area contributed by atoms with Crippen molar-refractivity contribution in [2.24, 2.45) is 17.1 Å². The molecule has 36 heavy (non-hydrogen) atoms. The average molecular weight is 503 g/mol. The number of amides is 5. The third-order valence-electron chi connectivity index (χ3n) is 6.55. The number of nitrogens with two attached hydrogens (primary N) is 1.